The SMILES string of the molecule is COC[C@H](NC(=O)OC(C)(C)C)C(=O)Nc1ccc(Br)c(Cl)c1C(=O)c1c(F)cccc1F. The molecule has 2 rings (SSSR count). The minimum Gasteiger partial charge on any atom is -0.444 e. The molecule has 0 spiro atoms. The second-order valence-electron chi connectivity index (χ2n) is 7.85. The third-order valence-corrected chi connectivity index (χ3v) is 5.39. The number of anilines is 1. The highest BCUT2D eigenvalue weighted by molar-refractivity contribution is 9.10. The Hall–Kier alpha value is -2.56. The Kier molecular flexibility index (Phi) is 8.93. The zero-order chi connectivity index (χ0) is 24.9. The van der Waals surface area contributed by atoms with E-state index in [1.165, 1.54) is 19.2 Å². The third kappa shape index (κ3) is 6.96. The summed E-state index contributed by atoms with van der Waals surface area (Å²) in [6.45, 7) is 4.74. The summed E-state index contributed by atoms with van der Waals surface area (Å²) in [7, 11) is 1.32. The lowest BCUT2D eigenvalue weighted by atomic mass is 10.00. The van der Waals surface area contributed by atoms with Crippen LogP contribution in [0.25, 0.3) is 0 Å². The zero-order valence-corrected chi connectivity index (χ0v) is 20.6. The summed E-state index contributed by atoms with van der Waals surface area (Å²) in [5, 5.41) is 4.67. The first-order valence-corrected chi connectivity index (χ1v) is 10.8. The molecular weight excluding hydrogens is 526 g/mol. The molecule has 0 saturated carbocycles. The number of halogens is 4. The topological polar surface area (TPSA) is 93.7 Å². The van der Waals surface area contributed by atoms with Crippen molar-refractivity contribution in [3.05, 3.63) is 62.6 Å². The number of ether oxygens (including phenoxy) is 2. The molecule has 0 unspecified atom stereocenters. The molecule has 0 aliphatic carbocycles. The van der Waals surface area contributed by atoms with Crippen LogP contribution in [0.4, 0.5) is 19.3 Å². The summed E-state index contributed by atoms with van der Waals surface area (Å²) in [5.74, 6) is -4.02. The van der Waals surface area contributed by atoms with Gasteiger partial charge in [-0.2, -0.15) is 0 Å². The van der Waals surface area contributed by atoms with Crippen LogP contribution >= 0.6 is 27.5 Å². The van der Waals surface area contributed by atoms with E-state index in [4.69, 9.17) is 21.1 Å². The number of alkyl carbamates (subject to hydrolysis) is 1. The number of hydrogen-bond acceptors (Lipinski definition) is 5. The molecule has 0 aliphatic rings. The first kappa shape index (κ1) is 26.7. The fraction of sp³-hybridized carbons (Fsp3) is 0.318. The van der Waals surface area contributed by atoms with Crippen LogP contribution in [0.3, 0.4) is 0 Å². The molecule has 11 heteroatoms. The Bertz CT molecular complexity index is 1060. The Morgan fingerprint density at radius 3 is 2.24 bits per heavy atom. The number of benzene rings is 2. The standard InChI is InChI=1S/C22H22BrClF2N2O5/c1-22(2,3)33-21(31)28-15(10-32-4)20(30)27-14-9-8-11(23)18(24)17(14)19(29)16-12(25)6-5-7-13(16)26/h5-9,15H,10H2,1-4H3,(H,27,30)(H,28,31)/t15-/m0/s1. The number of nitrogens with one attached hydrogen (secondary N) is 2. The molecule has 0 aliphatic heterocycles. The molecule has 0 bridgehead atoms. The van der Waals surface area contributed by atoms with Gasteiger partial charge in [0.1, 0.15) is 23.3 Å². The van der Waals surface area contributed by atoms with Crippen molar-refractivity contribution < 1.29 is 32.6 Å². The van der Waals surface area contributed by atoms with Gasteiger partial charge in [0.15, 0.2) is 0 Å². The van der Waals surface area contributed by atoms with Crippen LogP contribution in [0, 0.1) is 11.6 Å². The van der Waals surface area contributed by atoms with Crippen molar-refractivity contribution in [3.63, 3.8) is 0 Å². The fourth-order valence-electron chi connectivity index (χ4n) is 2.74. The number of carbonyl (C=O) groups is 3. The molecule has 7 nitrogen and oxygen atoms in total. The molecule has 178 valence electrons. The van der Waals surface area contributed by atoms with Crippen molar-refractivity contribution in [2.75, 3.05) is 19.0 Å². The van der Waals surface area contributed by atoms with Gasteiger partial charge in [-0.25, -0.2) is 13.6 Å². The van der Waals surface area contributed by atoms with Crippen molar-refractivity contribution in [3.8, 4) is 0 Å². The van der Waals surface area contributed by atoms with Gasteiger partial charge in [-0.15, -0.1) is 0 Å². The summed E-state index contributed by atoms with van der Waals surface area (Å²) in [6.07, 6.45) is -0.863. The van der Waals surface area contributed by atoms with E-state index in [9.17, 15) is 23.2 Å². The third-order valence-electron chi connectivity index (χ3n) is 4.11. The molecule has 2 aromatic carbocycles. The Morgan fingerprint density at radius 2 is 1.70 bits per heavy atom. The van der Waals surface area contributed by atoms with Crippen LogP contribution in [0.15, 0.2) is 34.8 Å². The summed E-state index contributed by atoms with van der Waals surface area (Å²) in [4.78, 5) is 38.0. The van der Waals surface area contributed by atoms with Gasteiger partial charge >= 0.3 is 6.09 Å². The van der Waals surface area contributed by atoms with Gasteiger partial charge in [0.2, 0.25) is 11.7 Å². The molecule has 0 radical (unpaired) electrons. The van der Waals surface area contributed by atoms with Crippen LogP contribution in [-0.4, -0.2) is 43.1 Å². The van der Waals surface area contributed by atoms with Crippen LogP contribution in [0.2, 0.25) is 5.02 Å². The highest BCUT2D eigenvalue weighted by Crippen LogP contribution is 2.34. The molecule has 0 saturated heterocycles. The normalized spacial score (nSPS) is 12.1. The van der Waals surface area contributed by atoms with Gasteiger partial charge in [-0.05, 0) is 61.0 Å². The summed E-state index contributed by atoms with van der Waals surface area (Å²) in [5.41, 5.74) is -2.08. The molecule has 2 N–H and O–H groups in total. The van der Waals surface area contributed by atoms with Crippen molar-refractivity contribution in [1.82, 2.24) is 5.32 Å². The van der Waals surface area contributed by atoms with Crippen LogP contribution in [0.5, 0.6) is 0 Å². The smallest absolute Gasteiger partial charge is 0.408 e. The summed E-state index contributed by atoms with van der Waals surface area (Å²) >= 11 is 9.41. The lowest BCUT2D eigenvalue weighted by Crippen LogP contribution is -2.48. The maximum absolute atomic E-state index is 14.2. The van der Waals surface area contributed by atoms with E-state index >= 15 is 0 Å². The van der Waals surface area contributed by atoms with Gasteiger partial charge in [0, 0.05) is 11.6 Å². The molecular formula is C22H22BrClF2N2O5. The van der Waals surface area contributed by atoms with Crippen molar-refractivity contribution >= 4 is 51.0 Å². The number of hydrogen-bond donors (Lipinski definition) is 2. The van der Waals surface area contributed by atoms with E-state index < -0.39 is 46.6 Å². The second-order valence-corrected chi connectivity index (χ2v) is 9.09. The molecule has 33 heavy (non-hydrogen) atoms. The van der Waals surface area contributed by atoms with Crippen LogP contribution < -0.4 is 10.6 Å². The largest absolute Gasteiger partial charge is 0.444 e. The fourth-order valence-corrected chi connectivity index (χ4v) is 3.32. The average Bonchev–Trinajstić information content (AvgIpc) is 2.69. The quantitative estimate of drug-likeness (QED) is 0.471. The van der Waals surface area contributed by atoms with Crippen LogP contribution in [-0.2, 0) is 14.3 Å². The Labute approximate surface area is 202 Å². The Morgan fingerprint density at radius 1 is 1.09 bits per heavy atom. The molecule has 0 aromatic heterocycles. The number of carbonyl (C=O) groups excluding carboxylic acids is 3. The maximum Gasteiger partial charge on any atom is 0.408 e. The number of rotatable bonds is 7. The number of amides is 2. The monoisotopic (exact) mass is 546 g/mol. The lowest BCUT2D eigenvalue weighted by Gasteiger charge is -2.23. The molecule has 0 heterocycles. The van der Waals surface area contributed by atoms with Gasteiger partial charge in [0.05, 0.1) is 28.4 Å². The van der Waals surface area contributed by atoms with Crippen LogP contribution in [0.1, 0.15) is 36.7 Å². The molecule has 0 fully saturated rings. The second kappa shape index (κ2) is 11.0. The van der Waals surface area contributed by atoms with Crippen molar-refractivity contribution in [2.45, 2.75) is 32.4 Å². The number of methoxy groups -OCH3 is 1. The first-order chi connectivity index (χ1) is 15.4. The van der Waals surface area contributed by atoms with E-state index in [-0.39, 0.29) is 27.4 Å². The van der Waals surface area contributed by atoms with E-state index in [1.54, 1.807) is 20.8 Å². The van der Waals surface area contributed by atoms with E-state index in [0.29, 0.717) is 0 Å². The number of ketones is 1. The zero-order valence-electron chi connectivity index (χ0n) is 18.2. The maximum atomic E-state index is 14.2. The lowest BCUT2D eigenvalue weighted by molar-refractivity contribution is -0.119. The highest BCUT2D eigenvalue weighted by Gasteiger charge is 2.29. The summed E-state index contributed by atoms with van der Waals surface area (Å²) in [6, 6.07) is 4.54. The van der Waals surface area contributed by atoms with Gasteiger partial charge in [0.25, 0.3) is 0 Å². The van der Waals surface area contributed by atoms with Gasteiger partial charge < -0.3 is 20.1 Å². The van der Waals surface area contributed by atoms with E-state index in [0.717, 1.165) is 18.2 Å². The molecule has 2 amide bonds. The Balaban J connectivity index is 2.40. The van der Waals surface area contributed by atoms with Gasteiger partial charge in [-0.3, -0.25) is 9.59 Å². The van der Waals surface area contributed by atoms with Gasteiger partial charge in [-0.1, -0.05) is 17.7 Å². The summed E-state index contributed by atoms with van der Waals surface area (Å²) < 4.78 is 38.9. The molecule has 1 atom stereocenters. The predicted molar refractivity (Wildman–Crippen MR) is 123 cm³/mol. The van der Waals surface area contributed by atoms with E-state index in [2.05, 4.69) is 26.6 Å². The van der Waals surface area contributed by atoms with Crippen molar-refractivity contribution in [2.24, 2.45) is 0 Å². The highest BCUT2D eigenvalue weighted by atomic mass is 79.9. The average molecular weight is 548 g/mol. The first-order valence-electron chi connectivity index (χ1n) is 9.61. The minimum absolute atomic E-state index is 0.118. The minimum atomic E-state index is -1.21. The molecule has 2 aromatic rings. The van der Waals surface area contributed by atoms with E-state index in [1.807, 2.05) is 0 Å². The predicted octanol–water partition coefficient (Wildman–Crippen LogP) is 5.09. The van der Waals surface area contributed by atoms with Crippen molar-refractivity contribution in [1.29, 1.82) is 0 Å².